The van der Waals surface area contributed by atoms with Crippen molar-refractivity contribution < 1.29 is 9.90 Å². The van der Waals surface area contributed by atoms with E-state index in [1.54, 1.807) is 22.6 Å². The van der Waals surface area contributed by atoms with Gasteiger partial charge in [-0.25, -0.2) is 9.97 Å². The predicted molar refractivity (Wildman–Crippen MR) is 130 cm³/mol. The number of aliphatic hydroxyl groups is 1. The Bertz CT molecular complexity index is 1160. The molecule has 1 amide bonds. The number of anilines is 1. The zero-order chi connectivity index (χ0) is 22.3. The van der Waals surface area contributed by atoms with Gasteiger partial charge in [0.05, 0.1) is 12.0 Å². The number of carbonyl (C=O) groups is 1. The highest BCUT2D eigenvalue weighted by molar-refractivity contribution is 7.21. The number of hydrogen-bond donors (Lipinski definition) is 1. The fourth-order valence-electron chi connectivity index (χ4n) is 3.64. The van der Waals surface area contributed by atoms with Gasteiger partial charge in [-0.1, -0.05) is 60.7 Å². The van der Waals surface area contributed by atoms with Gasteiger partial charge in [0, 0.05) is 38.0 Å². The summed E-state index contributed by atoms with van der Waals surface area (Å²) in [5.41, 5.74) is 2.20. The predicted octanol–water partition coefficient (Wildman–Crippen LogP) is 4.21. The van der Waals surface area contributed by atoms with E-state index in [2.05, 4.69) is 28.2 Å². The summed E-state index contributed by atoms with van der Waals surface area (Å²) in [6.07, 6.45) is 1.92. The number of aliphatic hydroxyl groups excluding tert-OH is 1. The van der Waals surface area contributed by atoms with Crippen LogP contribution < -0.4 is 4.90 Å². The van der Waals surface area contributed by atoms with Crippen LogP contribution in [0.25, 0.3) is 20.7 Å². The molecule has 2 aromatic heterocycles. The van der Waals surface area contributed by atoms with E-state index >= 15 is 0 Å². The first-order valence-electron chi connectivity index (χ1n) is 10.6. The lowest BCUT2D eigenvalue weighted by molar-refractivity contribution is -0.132. The quantitative estimate of drug-likeness (QED) is 0.417. The summed E-state index contributed by atoms with van der Waals surface area (Å²) in [6.45, 7) is 1.28. The normalized spacial score (nSPS) is 10.9. The van der Waals surface area contributed by atoms with Gasteiger partial charge in [-0.05, 0) is 17.2 Å². The molecule has 0 saturated carbocycles. The van der Waals surface area contributed by atoms with Crippen LogP contribution >= 0.6 is 11.3 Å². The van der Waals surface area contributed by atoms with Crippen LogP contribution in [0.15, 0.2) is 73.1 Å². The first kappa shape index (κ1) is 21.9. The van der Waals surface area contributed by atoms with E-state index in [-0.39, 0.29) is 12.5 Å². The Balaban J connectivity index is 1.46. The highest BCUT2D eigenvalue weighted by Gasteiger charge is 2.17. The lowest BCUT2D eigenvalue weighted by Crippen LogP contribution is -2.35. The van der Waals surface area contributed by atoms with Crippen molar-refractivity contribution in [1.29, 1.82) is 0 Å². The summed E-state index contributed by atoms with van der Waals surface area (Å²) in [6, 6.07) is 22.2. The molecule has 0 spiro atoms. The number of nitrogens with zero attached hydrogens (tertiary/aromatic N) is 4. The van der Waals surface area contributed by atoms with E-state index in [0.717, 1.165) is 32.0 Å². The zero-order valence-electron chi connectivity index (χ0n) is 18.0. The molecule has 2 aromatic carbocycles. The van der Waals surface area contributed by atoms with Gasteiger partial charge in [0.15, 0.2) is 0 Å². The molecular weight excluding hydrogens is 420 g/mol. The lowest BCUT2D eigenvalue weighted by Gasteiger charge is -2.24. The molecule has 6 nitrogen and oxygen atoms in total. The number of amides is 1. The molecule has 0 bridgehead atoms. The molecule has 0 aliphatic carbocycles. The summed E-state index contributed by atoms with van der Waals surface area (Å²) < 4.78 is 0. The van der Waals surface area contributed by atoms with Crippen LogP contribution in [-0.4, -0.2) is 52.6 Å². The largest absolute Gasteiger partial charge is 0.395 e. The molecule has 0 unspecified atom stereocenters. The maximum absolute atomic E-state index is 12.9. The van der Waals surface area contributed by atoms with Crippen molar-refractivity contribution in [1.82, 2.24) is 14.9 Å². The number of carbonyl (C=O) groups excluding carboxylic acids is 1. The minimum atomic E-state index is -0.0574. The number of thiophene rings is 1. The maximum atomic E-state index is 12.9. The van der Waals surface area contributed by atoms with Gasteiger partial charge in [0.2, 0.25) is 5.91 Å². The third kappa shape index (κ3) is 5.12. The number of aromatic nitrogens is 2. The van der Waals surface area contributed by atoms with Gasteiger partial charge < -0.3 is 14.9 Å². The number of benzene rings is 2. The van der Waals surface area contributed by atoms with Crippen molar-refractivity contribution in [3.8, 4) is 10.4 Å². The Morgan fingerprint density at radius 1 is 1.00 bits per heavy atom. The average Bonchev–Trinajstić information content (AvgIpc) is 3.28. The Kier molecular flexibility index (Phi) is 7.09. The standard InChI is InChI=1S/C25H26N4O2S/c1-28(13-12-23(31)29(14-15-30)17-19-8-4-2-5-9-19)24-21-16-22(20-10-6-3-7-11-20)32-25(21)27-18-26-24/h2-11,16,18,30H,12-15,17H2,1H3. The fraction of sp³-hybridized carbons (Fsp3) is 0.240. The van der Waals surface area contributed by atoms with Crippen LogP contribution in [0.5, 0.6) is 0 Å². The van der Waals surface area contributed by atoms with Crippen LogP contribution in [0, 0.1) is 0 Å². The highest BCUT2D eigenvalue weighted by Crippen LogP contribution is 2.35. The molecule has 164 valence electrons. The van der Waals surface area contributed by atoms with Gasteiger partial charge in [0.25, 0.3) is 0 Å². The van der Waals surface area contributed by atoms with E-state index in [1.165, 1.54) is 0 Å². The Morgan fingerprint density at radius 2 is 1.72 bits per heavy atom. The summed E-state index contributed by atoms with van der Waals surface area (Å²) in [5.74, 6) is 0.827. The Labute approximate surface area is 191 Å². The fourth-order valence-corrected chi connectivity index (χ4v) is 4.63. The first-order valence-corrected chi connectivity index (χ1v) is 11.4. The Morgan fingerprint density at radius 3 is 2.44 bits per heavy atom. The molecule has 0 atom stereocenters. The number of rotatable bonds is 9. The summed E-state index contributed by atoms with van der Waals surface area (Å²) >= 11 is 1.64. The number of fused-ring (bicyclic) bond motifs is 1. The van der Waals surface area contributed by atoms with E-state index in [9.17, 15) is 9.90 Å². The van der Waals surface area contributed by atoms with Gasteiger partial charge in [-0.15, -0.1) is 11.3 Å². The second kappa shape index (κ2) is 10.3. The summed E-state index contributed by atoms with van der Waals surface area (Å²) in [7, 11) is 1.95. The maximum Gasteiger partial charge on any atom is 0.224 e. The second-order valence-corrected chi connectivity index (χ2v) is 8.62. The monoisotopic (exact) mass is 446 g/mol. The van der Waals surface area contributed by atoms with E-state index in [0.29, 0.717) is 26.1 Å². The molecule has 0 fully saturated rings. The van der Waals surface area contributed by atoms with E-state index in [4.69, 9.17) is 0 Å². The van der Waals surface area contributed by atoms with Crippen molar-refractivity contribution in [3.63, 3.8) is 0 Å². The van der Waals surface area contributed by atoms with Crippen LogP contribution in [0.1, 0.15) is 12.0 Å². The van der Waals surface area contributed by atoms with E-state index < -0.39 is 0 Å². The van der Waals surface area contributed by atoms with Gasteiger partial charge in [0.1, 0.15) is 17.0 Å². The molecule has 32 heavy (non-hydrogen) atoms. The average molecular weight is 447 g/mol. The van der Waals surface area contributed by atoms with Crippen molar-refractivity contribution >= 4 is 33.3 Å². The van der Waals surface area contributed by atoms with Crippen molar-refractivity contribution in [2.45, 2.75) is 13.0 Å². The third-order valence-electron chi connectivity index (χ3n) is 5.33. The van der Waals surface area contributed by atoms with Crippen LogP contribution in [-0.2, 0) is 11.3 Å². The molecule has 0 radical (unpaired) electrons. The van der Waals surface area contributed by atoms with E-state index in [1.807, 2.05) is 60.5 Å². The molecule has 7 heteroatoms. The van der Waals surface area contributed by atoms with Crippen molar-refractivity contribution in [2.24, 2.45) is 0 Å². The smallest absolute Gasteiger partial charge is 0.224 e. The van der Waals surface area contributed by atoms with Crippen molar-refractivity contribution in [2.75, 3.05) is 31.6 Å². The summed E-state index contributed by atoms with van der Waals surface area (Å²) in [4.78, 5) is 27.6. The SMILES string of the molecule is CN(CCC(=O)N(CCO)Cc1ccccc1)c1ncnc2sc(-c3ccccc3)cc12. The highest BCUT2D eigenvalue weighted by atomic mass is 32.1. The van der Waals surface area contributed by atoms with Crippen molar-refractivity contribution in [3.05, 3.63) is 78.6 Å². The van der Waals surface area contributed by atoms with Crippen LogP contribution in [0.4, 0.5) is 5.82 Å². The lowest BCUT2D eigenvalue weighted by atomic mass is 10.2. The topological polar surface area (TPSA) is 69.6 Å². The van der Waals surface area contributed by atoms with Gasteiger partial charge in [-0.3, -0.25) is 4.79 Å². The van der Waals surface area contributed by atoms with Gasteiger partial charge in [-0.2, -0.15) is 0 Å². The van der Waals surface area contributed by atoms with Crippen LogP contribution in [0.2, 0.25) is 0 Å². The zero-order valence-corrected chi connectivity index (χ0v) is 18.8. The molecule has 4 aromatic rings. The molecule has 2 heterocycles. The minimum absolute atomic E-state index is 0.00958. The molecule has 0 aliphatic heterocycles. The number of hydrogen-bond acceptors (Lipinski definition) is 6. The molecule has 4 rings (SSSR count). The first-order chi connectivity index (χ1) is 15.7. The third-order valence-corrected chi connectivity index (χ3v) is 6.42. The molecule has 1 N–H and O–H groups in total. The second-order valence-electron chi connectivity index (χ2n) is 7.59. The minimum Gasteiger partial charge on any atom is -0.395 e. The molecular formula is C25H26N4O2S. The van der Waals surface area contributed by atoms with Gasteiger partial charge >= 0.3 is 0 Å². The Hall–Kier alpha value is -3.29. The summed E-state index contributed by atoms with van der Waals surface area (Å²) in [5, 5.41) is 10.4. The molecule has 0 aliphatic rings. The van der Waals surface area contributed by atoms with Crippen LogP contribution in [0.3, 0.4) is 0 Å². The molecule has 0 saturated heterocycles.